The molecule has 0 atom stereocenters. The summed E-state index contributed by atoms with van der Waals surface area (Å²) in [6, 6.07) is 0. The third-order valence-electron chi connectivity index (χ3n) is 2.74. The van der Waals surface area contributed by atoms with Gasteiger partial charge in [-0.2, -0.15) is 0 Å². The molecule has 0 radical (unpaired) electrons. The first-order valence-corrected chi connectivity index (χ1v) is 7.20. The van der Waals surface area contributed by atoms with E-state index < -0.39 is 0 Å². The summed E-state index contributed by atoms with van der Waals surface area (Å²) in [7, 11) is 0. The van der Waals surface area contributed by atoms with Crippen LogP contribution in [0.2, 0.25) is 0 Å². The van der Waals surface area contributed by atoms with E-state index in [9.17, 15) is 0 Å². The lowest BCUT2D eigenvalue weighted by Crippen LogP contribution is -2.20. The lowest BCUT2D eigenvalue weighted by atomic mass is 10.1. The van der Waals surface area contributed by atoms with Crippen molar-refractivity contribution in [1.82, 2.24) is 5.32 Å². The van der Waals surface area contributed by atoms with Crippen LogP contribution in [0.5, 0.6) is 0 Å². The second kappa shape index (κ2) is 14.9. The summed E-state index contributed by atoms with van der Waals surface area (Å²) in [6.07, 6.45) is 10.7. The number of rotatable bonds is 13. The molecule has 16 heavy (non-hydrogen) atoms. The second-order valence-corrected chi connectivity index (χ2v) is 4.48. The Kier molecular flexibility index (Phi) is 14.8. The minimum absolute atomic E-state index is 0.871. The van der Waals surface area contributed by atoms with E-state index in [4.69, 9.17) is 4.74 Å². The zero-order valence-electron chi connectivity index (χ0n) is 11.4. The molecule has 0 saturated heterocycles. The van der Waals surface area contributed by atoms with E-state index in [1.807, 2.05) is 0 Å². The Hall–Kier alpha value is -0.0800. The molecule has 1 N–H and O–H groups in total. The normalized spacial score (nSPS) is 10.9. The SMILES string of the molecule is CCCCCCCCCOCCNCCC. The summed E-state index contributed by atoms with van der Waals surface area (Å²) in [6.45, 7) is 8.38. The number of hydrogen-bond donors (Lipinski definition) is 1. The van der Waals surface area contributed by atoms with E-state index in [1.165, 1.54) is 51.4 Å². The fourth-order valence-electron chi connectivity index (χ4n) is 1.71. The summed E-state index contributed by atoms with van der Waals surface area (Å²) >= 11 is 0. The maximum absolute atomic E-state index is 5.55. The van der Waals surface area contributed by atoms with Gasteiger partial charge in [-0.15, -0.1) is 0 Å². The molecule has 0 amide bonds. The fourth-order valence-corrected chi connectivity index (χ4v) is 1.71. The predicted molar refractivity (Wildman–Crippen MR) is 72.0 cm³/mol. The van der Waals surface area contributed by atoms with Crippen LogP contribution in [-0.4, -0.2) is 26.3 Å². The van der Waals surface area contributed by atoms with Crippen LogP contribution in [0.4, 0.5) is 0 Å². The van der Waals surface area contributed by atoms with Crippen molar-refractivity contribution in [2.24, 2.45) is 0 Å². The zero-order chi connectivity index (χ0) is 11.9. The lowest BCUT2D eigenvalue weighted by molar-refractivity contribution is 0.131. The Morgan fingerprint density at radius 2 is 1.38 bits per heavy atom. The Bertz CT molecular complexity index is 103. The van der Waals surface area contributed by atoms with Gasteiger partial charge in [-0.3, -0.25) is 0 Å². The first-order valence-electron chi connectivity index (χ1n) is 7.20. The minimum Gasteiger partial charge on any atom is -0.380 e. The second-order valence-electron chi connectivity index (χ2n) is 4.48. The summed E-state index contributed by atoms with van der Waals surface area (Å²) in [5.74, 6) is 0. The number of ether oxygens (including phenoxy) is 1. The molecule has 0 spiro atoms. The van der Waals surface area contributed by atoms with E-state index >= 15 is 0 Å². The molecule has 0 aromatic carbocycles. The molecular weight excluding hydrogens is 198 g/mol. The maximum Gasteiger partial charge on any atom is 0.0590 e. The van der Waals surface area contributed by atoms with Crippen molar-refractivity contribution in [2.75, 3.05) is 26.3 Å². The molecule has 0 fully saturated rings. The first-order chi connectivity index (χ1) is 7.91. The molecule has 0 aromatic rings. The van der Waals surface area contributed by atoms with Crippen LogP contribution in [0.3, 0.4) is 0 Å². The van der Waals surface area contributed by atoms with Gasteiger partial charge in [0.1, 0.15) is 0 Å². The summed E-state index contributed by atoms with van der Waals surface area (Å²) in [5, 5.41) is 3.34. The van der Waals surface area contributed by atoms with Crippen LogP contribution < -0.4 is 5.32 Å². The highest BCUT2D eigenvalue weighted by Crippen LogP contribution is 2.06. The van der Waals surface area contributed by atoms with E-state index in [-0.39, 0.29) is 0 Å². The summed E-state index contributed by atoms with van der Waals surface area (Å²) < 4.78 is 5.55. The van der Waals surface area contributed by atoms with E-state index in [0.29, 0.717) is 0 Å². The van der Waals surface area contributed by atoms with Crippen molar-refractivity contribution in [1.29, 1.82) is 0 Å². The van der Waals surface area contributed by atoms with Crippen molar-refractivity contribution in [3.8, 4) is 0 Å². The largest absolute Gasteiger partial charge is 0.380 e. The molecule has 0 heterocycles. The van der Waals surface area contributed by atoms with Crippen LogP contribution in [0, 0.1) is 0 Å². The number of hydrogen-bond acceptors (Lipinski definition) is 2. The van der Waals surface area contributed by atoms with Crippen LogP contribution in [0.15, 0.2) is 0 Å². The Balaban J connectivity index is 2.83. The van der Waals surface area contributed by atoms with Crippen LogP contribution in [-0.2, 0) is 4.74 Å². The molecule has 0 rings (SSSR count). The zero-order valence-corrected chi connectivity index (χ0v) is 11.4. The van der Waals surface area contributed by atoms with Crippen molar-refractivity contribution in [3.63, 3.8) is 0 Å². The van der Waals surface area contributed by atoms with Crippen molar-refractivity contribution < 1.29 is 4.74 Å². The molecule has 0 aliphatic heterocycles. The summed E-state index contributed by atoms with van der Waals surface area (Å²) in [5.41, 5.74) is 0. The van der Waals surface area contributed by atoms with Gasteiger partial charge in [-0.25, -0.2) is 0 Å². The minimum atomic E-state index is 0.871. The van der Waals surface area contributed by atoms with Crippen molar-refractivity contribution >= 4 is 0 Å². The molecule has 0 bridgehead atoms. The van der Waals surface area contributed by atoms with Gasteiger partial charge in [0.15, 0.2) is 0 Å². The molecule has 2 heteroatoms. The van der Waals surface area contributed by atoms with Crippen molar-refractivity contribution in [2.45, 2.75) is 65.2 Å². The first kappa shape index (κ1) is 15.9. The van der Waals surface area contributed by atoms with E-state index in [2.05, 4.69) is 19.2 Å². The van der Waals surface area contributed by atoms with E-state index in [0.717, 1.165) is 26.3 Å². The quantitative estimate of drug-likeness (QED) is 0.486. The van der Waals surface area contributed by atoms with Gasteiger partial charge in [0, 0.05) is 13.2 Å². The lowest BCUT2D eigenvalue weighted by Gasteiger charge is -2.05. The van der Waals surface area contributed by atoms with E-state index in [1.54, 1.807) is 0 Å². The Labute approximate surface area is 102 Å². The Morgan fingerprint density at radius 1 is 0.688 bits per heavy atom. The molecule has 0 aliphatic rings. The van der Waals surface area contributed by atoms with Gasteiger partial charge in [0.25, 0.3) is 0 Å². The molecular formula is C14H31NO. The smallest absolute Gasteiger partial charge is 0.0590 e. The maximum atomic E-state index is 5.55. The molecule has 2 nitrogen and oxygen atoms in total. The highest BCUT2D eigenvalue weighted by Gasteiger charge is 1.91. The molecule has 0 aromatic heterocycles. The van der Waals surface area contributed by atoms with Gasteiger partial charge in [-0.1, -0.05) is 52.4 Å². The van der Waals surface area contributed by atoms with Gasteiger partial charge < -0.3 is 10.1 Å². The van der Waals surface area contributed by atoms with Gasteiger partial charge >= 0.3 is 0 Å². The monoisotopic (exact) mass is 229 g/mol. The third-order valence-corrected chi connectivity index (χ3v) is 2.74. The predicted octanol–water partition coefficient (Wildman–Crippen LogP) is 3.75. The van der Waals surface area contributed by atoms with Gasteiger partial charge in [0.2, 0.25) is 0 Å². The van der Waals surface area contributed by atoms with Crippen LogP contribution >= 0.6 is 0 Å². The molecule has 0 aliphatic carbocycles. The summed E-state index contributed by atoms with van der Waals surface area (Å²) in [4.78, 5) is 0. The standard InChI is InChI=1S/C14H31NO/c1-3-5-6-7-8-9-10-13-16-14-12-15-11-4-2/h15H,3-14H2,1-2H3. The van der Waals surface area contributed by atoms with Crippen LogP contribution in [0.25, 0.3) is 0 Å². The third kappa shape index (κ3) is 13.9. The average molecular weight is 229 g/mol. The molecule has 98 valence electrons. The molecule has 0 unspecified atom stereocenters. The molecule has 0 saturated carbocycles. The van der Waals surface area contributed by atoms with Crippen molar-refractivity contribution in [3.05, 3.63) is 0 Å². The fraction of sp³-hybridized carbons (Fsp3) is 1.00. The Morgan fingerprint density at radius 3 is 2.06 bits per heavy atom. The topological polar surface area (TPSA) is 21.3 Å². The highest BCUT2D eigenvalue weighted by molar-refractivity contribution is 4.46. The highest BCUT2D eigenvalue weighted by atomic mass is 16.5. The average Bonchev–Trinajstić information content (AvgIpc) is 2.31. The van der Waals surface area contributed by atoms with Gasteiger partial charge in [0.05, 0.1) is 6.61 Å². The number of unbranched alkanes of at least 4 members (excludes halogenated alkanes) is 6. The van der Waals surface area contributed by atoms with Gasteiger partial charge in [-0.05, 0) is 19.4 Å². The van der Waals surface area contributed by atoms with Crippen LogP contribution in [0.1, 0.15) is 65.2 Å². The number of nitrogens with one attached hydrogen (secondary N) is 1.